The molecular weight excluding hydrogens is 300 g/mol. The molecule has 0 spiro atoms. The van der Waals surface area contributed by atoms with Crippen LogP contribution in [0.5, 0.6) is 0 Å². The van der Waals surface area contributed by atoms with E-state index in [0.717, 1.165) is 0 Å². The number of carbonyl (C=O) groups is 3. The van der Waals surface area contributed by atoms with E-state index in [1.165, 1.54) is 12.3 Å². The van der Waals surface area contributed by atoms with Crippen molar-refractivity contribution in [3.63, 3.8) is 0 Å². The van der Waals surface area contributed by atoms with Gasteiger partial charge in [-0.2, -0.15) is 0 Å². The first-order valence-electron chi connectivity index (χ1n) is 7.28. The highest BCUT2D eigenvalue weighted by molar-refractivity contribution is 5.90. The lowest BCUT2D eigenvalue weighted by atomic mass is 9.97. The predicted molar refractivity (Wildman–Crippen MR) is 83.6 cm³/mol. The summed E-state index contributed by atoms with van der Waals surface area (Å²) < 4.78 is 0. The van der Waals surface area contributed by atoms with E-state index in [4.69, 9.17) is 10.8 Å². The molecule has 0 saturated heterocycles. The number of aliphatic carboxylic acids is 1. The SMILES string of the molecule is CC(C)CC(CNC(=O)NCc1ccc(C(N)=O)nc1)C(=O)O. The third kappa shape index (κ3) is 6.77. The van der Waals surface area contributed by atoms with Gasteiger partial charge in [-0.25, -0.2) is 4.79 Å². The Kier molecular flexibility index (Phi) is 6.98. The van der Waals surface area contributed by atoms with Gasteiger partial charge in [-0.3, -0.25) is 14.6 Å². The lowest BCUT2D eigenvalue weighted by molar-refractivity contribution is -0.142. The summed E-state index contributed by atoms with van der Waals surface area (Å²) in [5.41, 5.74) is 5.93. The maximum absolute atomic E-state index is 11.7. The molecule has 1 aromatic heterocycles. The number of nitrogens with one attached hydrogen (secondary N) is 2. The van der Waals surface area contributed by atoms with Crippen LogP contribution < -0.4 is 16.4 Å². The molecule has 0 aliphatic heterocycles. The molecule has 8 heteroatoms. The third-order valence-corrected chi connectivity index (χ3v) is 3.14. The minimum Gasteiger partial charge on any atom is -0.481 e. The Balaban J connectivity index is 2.41. The van der Waals surface area contributed by atoms with Gasteiger partial charge in [-0.15, -0.1) is 0 Å². The number of carboxylic acid groups (broad SMARTS) is 1. The van der Waals surface area contributed by atoms with Crippen LogP contribution in [0.4, 0.5) is 4.79 Å². The molecule has 0 aliphatic rings. The zero-order chi connectivity index (χ0) is 17.4. The van der Waals surface area contributed by atoms with Crippen molar-refractivity contribution in [2.45, 2.75) is 26.8 Å². The molecule has 1 unspecified atom stereocenters. The number of urea groups is 1. The number of hydrogen-bond acceptors (Lipinski definition) is 4. The predicted octanol–water partition coefficient (Wildman–Crippen LogP) is 0.727. The Morgan fingerprint density at radius 3 is 2.43 bits per heavy atom. The van der Waals surface area contributed by atoms with Crippen molar-refractivity contribution in [2.24, 2.45) is 17.6 Å². The van der Waals surface area contributed by atoms with E-state index in [2.05, 4.69) is 15.6 Å². The lowest BCUT2D eigenvalue weighted by Gasteiger charge is -2.15. The van der Waals surface area contributed by atoms with E-state index in [9.17, 15) is 14.4 Å². The summed E-state index contributed by atoms with van der Waals surface area (Å²) in [6.07, 6.45) is 1.94. The lowest BCUT2D eigenvalue weighted by Crippen LogP contribution is -2.40. The highest BCUT2D eigenvalue weighted by atomic mass is 16.4. The molecule has 1 atom stereocenters. The zero-order valence-electron chi connectivity index (χ0n) is 13.2. The van der Waals surface area contributed by atoms with E-state index >= 15 is 0 Å². The number of rotatable bonds is 8. The van der Waals surface area contributed by atoms with Crippen LogP contribution in [0.1, 0.15) is 36.3 Å². The standard InChI is InChI=1S/C15H22N4O4/c1-9(2)5-11(14(21)22)8-19-15(23)18-7-10-3-4-12(13(16)20)17-6-10/h3-4,6,9,11H,5,7-8H2,1-2H3,(H2,16,20)(H,21,22)(H2,18,19,23). The number of nitrogens with zero attached hydrogens (tertiary/aromatic N) is 1. The number of primary amides is 1. The molecule has 5 N–H and O–H groups in total. The smallest absolute Gasteiger partial charge is 0.315 e. The van der Waals surface area contributed by atoms with Crippen molar-refractivity contribution >= 4 is 17.9 Å². The monoisotopic (exact) mass is 322 g/mol. The fourth-order valence-corrected chi connectivity index (χ4v) is 1.98. The summed E-state index contributed by atoms with van der Waals surface area (Å²) in [7, 11) is 0. The van der Waals surface area contributed by atoms with E-state index in [0.29, 0.717) is 12.0 Å². The van der Waals surface area contributed by atoms with Gasteiger partial charge < -0.3 is 21.5 Å². The molecule has 1 heterocycles. The molecule has 0 radical (unpaired) electrons. The first-order valence-corrected chi connectivity index (χ1v) is 7.28. The van der Waals surface area contributed by atoms with Gasteiger partial charge in [0.05, 0.1) is 5.92 Å². The van der Waals surface area contributed by atoms with E-state index in [1.807, 2.05) is 13.8 Å². The first-order chi connectivity index (χ1) is 10.8. The number of amides is 3. The van der Waals surface area contributed by atoms with Gasteiger partial charge in [0.15, 0.2) is 0 Å². The summed E-state index contributed by atoms with van der Waals surface area (Å²) in [4.78, 5) is 37.5. The topological polar surface area (TPSA) is 134 Å². The highest BCUT2D eigenvalue weighted by Crippen LogP contribution is 2.11. The van der Waals surface area contributed by atoms with Gasteiger partial charge in [0, 0.05) is 19.3 Å². The van der Waals surface area contributed by atoms with Gasteiger partial charge in [0.1, 0.15) is 5.69 Å². The second-order valence-corrected chi connectivity index (χ2v) is 5.64. The molecule has 0 aliphatic carbocycles. The minimum absolute atomic E-state index is 0.0677. The molecule has 3 amide bonds. The number of carbonyl (C=O) groups excluding carboxylic acids is 2. The maximum Gasteiger partial charge on any atom is 0.315 e. The van der Waals surface area contributed by atoms with Crippen LogP contribution in [-0.2, 0) is 11.3 Å². The Morgan fingerprint density at radius 1 is 1.26 bits per heavy atom. The number of nitrogens with two attached hydrogens (primary N) is 1. The van der Waals surface area contributed by atoms with Crippen LogP contribution in [-0.4, -0.2) is 34.5 Å². The third-order valence-electron chi connectivity index (χ3n) is 3.14. The molecule has 0 saturated carbocycles. The van der Waals surface area contributed by atoms with Crippen LogP contribution in [0.3, 0.4) is 0 Å². The fraction of sp³-hybridized carbons (Fsp3) is 0.467. The summed E-state index contributed by atoms with van der Waals surface area (Å²) in [6.45, 7) is 4.13. The molecular formula is C15H22N4O4. The largest absolute Gasteiger partial charge is 0.481 e. The molecule has 0 fully saturated rings. The molecule has 8 nitrogen and oxygen atoms in total. The molecule has 1 aromatic rings. The zero-order valence-corrected chi connectivity index (χ0v) is 13.2. The minimum atomic E-state index is -0.926. The summed E-state index contributed by atoms with van der Waals surface area (Å²) >= 11 is 0. The van der Waals surface area contributed by atoms with Gasteiger partial charge >= 0.3 is 12.0 Å². The Labute approximate surface area is 134 Å². The van der Waals surface area contributed by atoms with Crippen LogP contribution in [0.15, 0.2) is 18.3 Å². The van der Waals surface area contributed by atoms with Gasteiger partial charge in [-0.05, 0) is 24.0 Å². The quantitative estimate of drug-likeness (QED) is 0.559. The van der Waals surface area contributed by atoms with E-state index in [1.54, 1.807) is 6.07 Å². The second kappa shape index (κ2) is 8.72. The second-order valence-electron chi connectivity index (χ2n) is 5.64. The summed E-state index contributed by atoms with van der Waals surface area (Å²) in [5.74, 6) is -1.93. The highest BCUT2D eigenvalue weighted by Gasteiger charge is 2.19. The molecule has 0 bridgehead atoms. The van der Waals surface area contributed by atoms with Crippen LogP contribution in [0.2, 0.25) is 0 Å². The van der Waals surface area contributed by atoms with Crippen molar-refractivity contribution in [3.05, 3.63) is 29.6 Å². The summed E-state index contributed by atoms with van der Waals surface area (Å²) in [5, 5.41) is 14.2. The number of hydrogen-bond donors (Lipinski definition) is 4. The van der Waals surface area contributed by atoms with Crippen molar-refractivity contribution in [1.82, 2.24) is 15.6 Å². The Hall–Kier alpha value is -2.64. The molecule has 1 rings (SSSR count). The van der Waals surface area contributed by atoms with Crippen LogP contribution in [0.25, 0.3) is 0 Å². The number of carboxylic acids is 1. The fourth-order valence-electron chi connectivity index (χ4n) is 1.98. The number of aromatic nitrogens is 1. The van der Waals surface area contributed by atoms with E-state index in [-0.39, 0.29) is 24.7 Å². The molecule has 23 heavy (non-hydrogen) atoms. The van der Waals surface area contributed by atoms with Crippen molar-refractivity contribution < 1.29 is 19.5 Å². The van der Waals surface area contributed by atoms with Gasteiger partial charge in [-0.1, -0.05) is 19.9 Å². The van der Waals surface area contributed by atoms with Crippen molar-refractivity contribution in [1.29, 1.82) is 0 Å². The average molecular weight is 322 g/mol. The normalized spacial score (nSPS) is 11.8. The number of pyridine rings is 1. The Bertz CT molecular complexity index is 557. The summed E-state index contributed by atoms with van der Waals surface area (Å²) in [6, 6.07) is 2.64. The van der Waals surface area contributed by atoms with Crippen LogP contribution in [0, 0.1) is 11.8 Å². The average Bonchev–Trinajstić information content (AvgIpc) is 2.49. The van der Waals surface area contributed by atoms with E-state index < -0.39 is 23.8 Å². The van der Waals surface area contributed by atoms with Gasteiger partial charge in [0.2, 0.25) is 0 Å². The first kappa shape index (κ1) is 18.4. The molecule has 126 valence electrons. The van der Waals surface area contributed by atoms with Crippen molar-refractivity contribution in [2.75, 3.05) is 6.54 Å². The van der Waals surface area contributed by atoms with Gasteiger partial charge in [0.25, 0.3) is 5.91 Å². The van der Waals surface area contributed by atoms with Crippen LogP contribution >= 0.6 is 0 Å². The molecule has 0 aromatic carbocycles. The Morgan fingerprint density at radius 2 is 1.96 bits per heavy atom. The van der Waals surface area contributed by atoms with Crippen molar-refractivity contribution in [3.8, 4) is 0 Å². The maximum atomic E-state index is 11.7.